The Morgan fingerprint density at radius 1 is 0.673 bits per heavy atom. The number of aliphatic carboxylic acids is 2. The van der Waals surface area contributed by atoms with Crippen LogP contribution in [0.1, 0.15) is 166 Å². The van der Waals surface area contributed by atoms with Crippen LogP contribution in [-0.2, 0) is 28.7 Å². The van der Waals surface area contributed by atoms with Crippen LogP contribution >= 0.6 is 0 Å². The minimum Gasteiger partial charge on any atom is -0.481 e. The highest BCUT2D eigenvalue weighted by atomic mass is 16.5. The first-order valence-electron chi connectivity index (χ1n) is 20.6. The molecule has 5 unspecified atom stereocenters. The molecular weight excluding hydrogens is 656 g/mol. The lowest BCUT2D eigenvalue weighted by molar-refractivity contribution is -0.253. The molecule has 8 heteroatoms. The molecule has 0 spiro atoms. The molecule has 5 aliphatic rings. The maximum absolute atomic E-state index is 13.2. The van der Waals surface area contributed by atoms with Crippen LogP contribution in [0.2, 0.25) is 0 Å². The summed E-state index contributed by atoms with van der Waals surface area (Å²) >= 11 is 0. The molecule has 2 N–H and O–H groups in total. The predicted octanol–water partition coefficient (Wildman–Crippen LogP) is 9.96. The Balaban J connectivity index is 1.35. The van der Waals surface area contributed by atoms with E-state index in [-0.39, 0.29) is 70.8 Å². The first kappa shape index (κ1) is 41.1. The second kappa shape index (κ2) is 13.9. The fourth-order valence-corrected chi connectivity index (χ4v) is 14.2. The maximum Gasteiger partial charge on any atom is 0.306 e. The van der Waals surface area contributed by atoms with Crippen LogP contribution in [0.5, 0.6) is 0 Å². The normalized spacial score (nSPS) is 39.8. The summed E-state index contributed by atoms with van der Waals surface area (Å²) in [4.78, 5) is 49.2. The molecule has 0 heterocycles. The summed E-state index contributed by atoms with van der Waals surface area (Å²) < 4.78 is 12.4. The van der Waals surface area contributed by atoms with Crippen molar-refractivity contribution in [2.24, 2.45) is 73.4 Å². The third kappa shape index (κ3) is 7.20. The van der Waals surface area contributed by atoms with Crippen molar-refractivity contribution in [3.05, 3.63) is 0 Å². The molecule has 8 nitrogen and oxygen atoms in total. The molecule has 5 saturated carbocycles. The molecule has 0 radical (unpaired) electrons. The third-order valence-electron chi connectivity index (χ3n) is 16.8. The van der Waals surface area contributed by atoms with E-state index in [2.05, 4.69) is 48.5 Å². The lowest BCUT2D eigenvalue weighted by Gasteiger charge is -2.73. The van der Waals surface area contributed by atoms with Crippen LogP contribution in [0.4, 0.5) is 0 Å². The predicted molar refractivity (Wildman–Crippen MR) is 201 cm³/mol. The summed E-state index contributed by atoms with van der Waals surface area (Å²) in [7, 11) is 0. The second-order valence-corrected chi connectivity index (χ2v) is 21.8. The highest BCUT2D eigenvalue weighted by Crippen LogP contribution is 2.77. The van der Waals surface area contributed by atoms with Gasteiger partial charge < -0.3 is 19.7 Å². The van der Waals surface area contributed by atoms with Gasteiger partial charge in [-0.15, -0.1) is 0 Å². The van der Waals surface area contributed by atoms with Crippen LogP contribution in [0, 0.1) is 73.4 Å². The Morgan fingerprint density at radius 2 is 1.27 bits per heavy atom. The molecule has 5 rings (SSSR count). The fourth-order valence-electron chi connectivity index (χ4n) is 14.2. The molecule has 296 valence electrons. The van der Waals surface area contributed by atoms with E-state index in [0.717, 1.165) is 38.5 Å². The highest BCUT2D eigenvalue weighted by Gasteiger charge is 2.71. The van der Waals surface area contributed by atoms with Gasteiger partial charge in [-0.3, -0.25) is 19.2 Å². The van der Waals surface area contributed by atoms with Gasteiger partial charge in [-0.1, -0.05) is 76.2 Å². The molecule has 0 amide bonds. The molecule has 0 bridgehead atoms. The number of carboxylic acid groups (broad SMARTS) is 2. The smallest absolute Gasteiger partial charge is 0.306 e. The highest BCUT2D eigenvalue weighted by molar-refractivity contribution is 5.74. The van der Waals surface area contributed by atoms with Gasteiger partial charge in [0.05, 0.1) is 32.3 Å². The summed E-state index contributed by atoms with van der Waals surface area (Å²) in [6, 6.07) is 0. The Bertz CT molecular complexity index is 1400. The van der Waals surface area contributed by atoms with E-state index < -0.39 is 22.8 Å². The number of hydrogen-bond acceptors (Lipinski definition) is 6. The molecule has 10 atom stereocenters. The van der Waals surface area contributed by atoms with Crippen LogP contribution in [0.15, 0.2) is 0 Å². The van der Waals surface area contributed by atoms with Crippen molar-refractivity contribution in [3.8, 4) is 0 Å². The van der Waals surface area contributed by atoms with Crippen LogP contribution in [0.3, 0.4) is 0 Å². The molecule has 0 aliphatic heterocycles. The molecular formula is C44H72O8. The van der Waals surface area contributed by atoms with Crippen molar-refractivity contribution in [3.63, 3.8) is 0 Å². The minimum atomic E-state index is -0.894. The topological polar surface area (TPSA) is 127 Å². The summed E-state index contributed by atoms with van der Waals surface area (Å²) in [6.07, 6.45) is 11.0. The number of carboxylic acids is 2. The lowest BCUT2D eigenvalue weighted by Crippen LogP contribution is -2.67. The van der Waals surface area contributed by atoms with Crippen LogP contribution in [0.25, 0.3) is 0 Å². The van der Waals surface area contributed by atoms with Gasteiger partial charge in [0, 0.05) is 10.8 Å². The lowest BCUT2D eigenvalue weighted by atomic mass is 9.32. The van der Waals surface area contributed by atoms with E-state index in [9.17, 15) is 29.4 Å². The quantitative estimate of drug-likeness (QED) is 0.190. The van der Waals surface area contributed by atoms with E-state index >= 15 is 0 Å². The number of hydrogen-bond donors (Lipinski definition) is 2. The van der Waals surface area contributed by atoms with Crippen molar-refractivity contribution in [1.29, 1.82) is 0 Å². The molecule has 0 aromatic rings. The number of esters is 2. The first-order chi connectivity index (χ1) is 23.8. The van der Waals surface area contributed by atoms with E-state index in [0.29, 0.717) is 42.1 Å². The van der Waals surface area contributed by atoms with Gasteiger partial charge in [0.2, 0.25) is 0 Å². The van der Waals surface area contributed by atoms with E-state index in [1.807, 2.05) is 27.7 Å². The Hall–Kier alpha value is -2.12. The summed E-state index contributed by atoms with van der Waals surface area (Å²) in [6.45, 7) is 25.0. The van der Waals surface area contributed by atoms with Crippen molar-refractivity contribution in [2.75, 3.05) is 6.61 Å². The SMILES string of the molecule is CC(C)C1CC[C@]2(COC(=O)CC(C)(C)CC(=O)O)CC[C@]3(C)C(CCC4[C@@]5(C)CC[C@H](OC(=O)CC(C)(C)CC(=O)O)C(C)(C)C5CC[C@]43C)C12. The van der Waals surface area contributed by atoms with Gasteiger partial charge >= 0.3 is 23.9 Å². The molecule has 5 aliphatic carbocycles. The number of ether oxygens (including phenoxy) is 2. The number of carbonyl (C=O) groups is 4. The summed E-state index contributed by atoms with van der Waals surface area (Å²) in [5.41, 5.74) is -1.01. The van der Waals surface area contributed by atoms with Gasteiger partial charge in [0.1, 0.15) is 6.10 Å². The van der Waals surface area contributed by atoms with Crippen molar-refractivity contribution in [1.82, 2.24) is 0 Å². The average Bonchev–Trinajstić information content (AvgIpc) is 3.36. The number of rotatable bonds is 12. The van der Waals surface area contributed by atoms with Crippen molar-refractivity contribution in [2.45, 2.75) is 172 Å². The summed E-state index contributed by atoms with van der Waals surface area (Å²) in [5, 5.41) is 18.7. The zero-order valence-corrected chi connectivity index (χ0v) is 34.5. The van der Waals surface area contributed by atoms with Gasteiger partial charge in [-0.05, 0) is 127 Å². The molecule has 52 heavy (non-hydrogen) atoms. The van der Waals surface area contributed by atoms with Gasteiger partial charge in [-0.25, -0.2) is 0 Å². The van der Waals surface area contributed by atoms with E-state index in [1.54, 1.807) is 0 Å². The third-order valence-corrected chi connectivity index (χ3v) is 16.8. The van der Waals surface area contributed by atoms with E-state index in [4.69, 9.17) is 9.47 Å². The van der Waals surface area contributed by atoms with Crippen molar-refractivity contribution < 1.29 is 38.9 Å². The zero-order chi connectivity index (χ0) is 38.9. The van der Waals surface area contributed by atoms with Gasteiger partial charge in [0.25, 0.3) is 0 Å². The molecule has 0 saturated heterocycles. The minimum absolute atomic E-state index is 0.0149. The molecule has 5 fully saturated rings. The molecule has 0 aromatic carbocycles. The second-order valence-electron chi connectivity index (χ2n) is 21.8. The average molecular weight is 729 g/mol. The molecule has 0 aromatic heterocycles. The maximum atomic E-state index is 13.2. The Morgan fingerprint density at radius 3 is 1.85 bits per heavy atom. The first-order valence-corrected chi connectivity index (χ1v) is 20.6. The number of carbonyl (C=O) groups excluding carboxylic acids is 2. The van der Waals surface area contributed by atoms with Gasteiger partial charge in [-0.2, -0.15) is 0 Å². The zero-order valence-electron chi connectivity index (χ0n) is 34.5. The Labute approximate surface area is 314 Å². The monoisotopic (exact) mass is 729 g/mol. The van der Waals surface area contributed by atoms with Crippen LogP contribution in [-0.4, -0.2) is 46.8 Å². The standard InChI is InChI=1S/C44H72O8/c1-27(2)28-14-19-44(26-51-35(49)24-38(3,4)22-33(45)46)21-20-42(10)29(37(28)44)12-13-31-41(9)17-16-32(40(7,8)30(41)15-18-43(31,42)11)52-36(50)25-39(5,6)23-34(47)48/h27-32,37H,12-26H2,1-11H3,(H,45,46)(H,47,48)/t28?,29?,30?,31?,32-,37?,41-,42+,43+,44+/m0/s1. The fraction of sp³-hybridized carbons (Fsp3) is 0.909. The largest absolute Gasteiger partial charge is 0.481 e. The Kier molecular flexibility index (Phi) is 11.0. The van der Waals surface area contributed by atoms with Gasteiger partial charge in [0.15, 0.2) is 0 Å². The summed E-state index contributed by atoms with van der Waals surface area (Å²) in [5.74, 6) is 0.911. The van der Waals surface area contributed by atoms with Crippen LogP contribution < -0.4 is 0 Å². The van der Waals surface area contributed by atoms with Crippen molar-refractivity contribution >= 4 is 23.9 Å². The van der Waals surface area contributed by atoms with E-state index in [1.165, 1.54) is 25.7 Å². The number of fused-ring (bicyclic) bond motifs is 7.